The number of carbonyl (C=O) groups excluding carboxylic acids is 1. The molecule has 3 rings (SSSR count). The number of carbonyl (C=O) groups is 1. The number of H-pyrrole nitrogens is 2. The first-order valence-electron chi connectivity index (χ1n) is 7.29. The molecule has 0 spiro atoms. The van der Waals surface area contributed by atoms with E-state index in [1.807, 2.05) is 38.1 Å². The molecule has 2 heterocycles. The van der Waals surface area contributed by atoms with Crippen molar-refractivity contribution < 1.29 is 4.79 Å². The largest absolute Gasteiger partial charge is 0.333 e. The Bertz CT molecular complexity index is 817. The van der Waals surface area contributed by atoms with Crippen LogP contribution in [0, 0.1) is 13.8 Å². The first kappa shape index (κ1) is 15.0. The van der Waals surface area contributed by atoms with Crippen molar-refractivity contribution in [2.75, 3.05) is 7.05 Å². The minimum absolute atomic E-state index is 0.154. The molecule has 0 bridgehead atoms. The number of benzene rings is 1. The van der Waals surface area contributed by atoms with Crippen molar-refractivity contribution in [3.63, 3.8) is 0 Å². The topological polar surface area (TPSA) is 90.6 Å². The highest BCUT2D eigenvalue weighted by Gasteiger charge is 2.17. The summed E-state index contributed by atoms with van der Waals surface area (Å²) < 4.78 is 0. The monoisotopic (exact) mass is 310 g/mol. The molecule has 7 nitrogen and oxygen atoms in total. The molecular weight excluding hydrogens is 292 g/mol. The van der Waals surface area contributed by atoms with Gasteiger partial charge in [-0.15, -0.1) is 0 Å². The fourth-order valence-electron chi connectivity index (χ4n) is 2.25. The summed E-state index contributed by atoms with van der Waals surface area (Å²) in [6, 6.07) is 9.76. The lowest BCUT2D eigenvalue weighted by atomic mass is 10.1. The van der Waals surface area contributed by atoms with E-state index in [2.05, 4.69) is 25.4 Å². The second-order valence-corrected chi connectivity index (χ2v) is 5.53. The summed E-state index contributed by atoms with van der Waals surface area (Å²) in [4.78, 5) is 18.2. The second-order valence-electron chi connectivity index (χ2n) is 5.53. The summed E-state index contributed by atoms with van der Waals surface area (Å²) in [5, 5.41) is 13.8. The minimum Gasteiger partial charge on any atom is -0.333 e. The van der Waals surface area contributed by atoms with E-state index in [1.165, 1.54) is 5.56 Å². The Morgan fingerprint density at radius 3 is 2.52 bits per heavy atom. The van der Waals surface area contributed by atoms with E-state index in [0.29, 0.717) is 18.1 Å². The second kappa shape index (κ2) is 6.04. The Morgan fingerprint density at radius 1 is 1.13 bits per heavy atom. The van der Waals surface area contributed by atoms with Gasteiger partial charge in [-0.2, -0.15) is 10.2 Å². The molecule has 1 amide bonds. The van der Waals surface area contributed by atoms with Gasteiger partial charge >= 0.3 is 0 Å². The summed E-state index contributed by atoms with van der Waals surface area (Å²) in [7, 11) is 1.71. The van der Waals surface area contributed by atoms with Gasteiger partial charge in [0.2, 0.25) is 0 Å². The first-order chi connectivity index (χ1) is 11.0. The highest BCUT2D eigenvalue weighted by Crippen LogP contribution is 2.18. The van der Waals surface area contributed by atoms with Crippen LogP contribution in [-0.2, 0) is 6.54 Å². The Balaban J connectivity index is 1.74. The third-order valence-electron chi connectivity index (χ3n) is 3.52. The number of hydrogen-bond donors (Lipinski definition) is 2. The Labute approximate surface area is 133 Å². The van der Waals surface area contributed by atoms with Gasteiger partial charge in [0.15, 0.2) is 5.82 Å². The van der Waals surface area contributed by atoms with Gasteiger partial charge in [0.25, 0.3) is 5.91 Å². The van der Waals surface area contributed by atoms with Crippen molar-refractivity contribution in [1.29, 1.82) is 0 Å². The summed E-state index contributed by atoms with van der Waals surface area (Å²) >= 11 is 0. The van der Waals surface area contributed by atoms with E-state index in [1.54, 1.807) is 18.0 Å². The number of amides is 1. The molecule has 0 atom stereocenters. The fourth-order valence-corrected chi connectivity index (χ4v) is 2.25. The smallest absolute Gasteiger partial charge is 0.272 e. The Kier molecular flexibility index (Phi) is 3.92. The number of nitrogens with zero attached hydrogens (tertiary/aromatic N) is 4. The molecule has 23 heavy (non-hydrogen) atoms. The van der Waals surface area contributed by atoms with Gasteiger partial charge in [-0.1, -0.05) is 29.8 Å². The predicted molar refractivity (Wildman–Crippen MR) is 85.7 cm³/mol. The zero-order valence-corrected chi connectivity index (χ0v) is 13.3. The maximum atomic E-state index is 12.4. The average molecular weight is 310 g/mol. The quantitative estimate of drug-likeness (QED) is 0.772. The van der Waals surface area contributed by atoms with Gasteiger partial charge in [0.1, 0.15) is 11.5 Å². The average Bonchev–Trinajstić information content (AvgIpc) is 3.16. The molecule has 118 valence electrons. The SMILES string of the molecule is Cc1ccc(-c2cc(C(=O)N(C)Cc3n[nH]c(C)n3)[nH]n2)cc1. The van der Waals surface area contributed by atoms with Crippen molar-refractivity contribution in [3.05, 3.63) is 53.2 Å². The molecule has 0 aliphatic carbocycles. The van der Waals surface area contributed by atoms with Crippen molar-refractivity contribution in [2.45, 2.75) is 20.4 Å². The van der Waals surface area contributed by atoms with Gasteiger partial charge in [-0.25, -0.2) is 4.98 Å². The first-order valence-corrected chi connectivity index (χ1v) is 7.29. The van der Waals surface area contributed by atoms with Gasteiger partial charge in [0.05, 0.1) is 12.2 Å². The van der Waals surface area contributed by atoms with Crippen LogP contribution in [0.4, 0.5) is 0 Å². The van der Waals surface area contributed by atoms with Crippen LogP contribution >= 0.6 is 0 Å². The molecule has 0 fully saturated rings. The van der Waals surface area contributed by atoms with Gasteiger partial charge in [0, 0.05) is 12.6 Å². The molecule has 3 aromatic rings. The fraction of sp³-hybridized carbons (Fsp3) is 0.250. The standard InChI is InChI=1S/C16H18N6O/c1-10-4-6-12(7-5-10)13-8-14(20-19-13)16(23)22(3)9-15-17-11(2)18-21-15/h4-8H,9H2,1-3H3,(H,19,20)(H,17,18,21). The van der Waals surface area contributed by atoms with Crippen LogP contribution in [0.1, 0.15) is 27.7 Å². The Morgan fingerprint density at radius 2 is 1.87 bits per heavy atom. The molecule has 2 aromatic heterocycles. The molecule has 7 heteroatoms. The van der Waals surface area contributed by atoms with Gasteiger partial charge < -0.3 is 4.90 Å². The minimum atomic E-state index is -0.154. The third-order valence-corrected chi connectivity index (χ3v) is 3.52. The molecule has 0 aliphatic heterocycles. The van der Waals surface area contributed by atoms with Crippen molar-refractivity contribution in [2.24, 2.45) is 0 Å². The van der Waals surface area contributed by atoms with E-state index in [0.717, 1.165) is 17.1 Å². The summed E-state index contributed by atoms with van der Waals surface area (Å²) in [6.45, 7) is 4.19. The van der Waals surface area contributed by atoms with E-state index in [-0.39, 0.29) is 5.91 Å². The van der Waals surface area contributed by atoms with Gasteiger partial charge in [-0.3, -0.25) is 15.0 Å². The summed E-state index contributed by atoms with van der Waals surface area (Å²) in [5.74, 6) is 1.15. The number of rotatable bonds is 4. The normalized spacial score (nSPS) is 10.7. The van der Waals surface area contributed by atoms with E-state index in [9.17, 15) is 4.79 Å². The lowest BCUT2D eigenvalue weighted by Crippen LogP contribution is -2.27. The number of aromatic nitrogens is 5. The highest BCUT2D eigenvalue weighted by molar-refractivity contribution is 5.93. The number of aryl methyl sites for hydroxylation is 2. The molecule has 0 saturated heterocycles. The van der Waals surface area contributed by atoms with Crippen LogP contribution in [0.15, 0.2) is 30.3 Å². The van der Waals surface area contributed by atoms with Gasteiger partial charge in [-0.05, 0) is 19.9 Å². The number of nitrogens with one attached hydrogen (secondary N) is 2. The maximum Gasteiger partial charge on any atom is 0.272 e. The van der Waals surface area contributed by atoms with Crippen molar-refractivity contribution in [1.82, 2.24) is 30.3 Å². The Hall–Kier alpha value is -2.96. The predicted octanol–water partition coefficient (Wildman–Crippen LogP) is 2.08. The third kappa shape index (κ3) is 3.28. The van der Waals surface area contributed by atoms with Crippen LogP contribution in [0.5, 0.6) is 0 Å². The number of aromatic amines is 2. The molecule has 0 radical (unpaired) electrons. The lowest BCUT2D eigenvalue weighted by Gasteiger charge is -2.13. The van der Waals surface area contributed by atoms with E-state index < -0.39 is 0 Å². The zero-order valence-electron chi connectivity index (χ0n) is 13.3. The van der Waals surface area contributed by atoms with Crippen LogP contribution in [-0.4, -0.2) is 43.2 Å². The maximum absolute atomic E-state index is 12.4. The zero-order chi connectivity index (χ0) is 16.4. The van der Waals surface area contributed by atoms with E-state index >= 15 is 0 Å². The van der Waals surface area contributed by atoms with Crippen molar-refractivity contribution in [3.8, 4) is 11.3 Å². The van der Waals surface area contributed by atoms with Crippen LogP contribution in [0.2, 0.25) is 0 Å². The summed E-state index contributed by atoms with van der Waals surface area (Å²) in [5.41, 5.74) is 3.34. The van der Waals surface area contributed by atoms with Crippen LogP contribution in [0.25, 0.3) is 11.3 Å². The lowest BCUT2D eigenvalue weighted by molar-refractivity contribution is 0.0776. The molecule has 1 aromatic carbocycles. The van der Waals surface area contributed by atoms with Crippen LogP contribution < -0.4 is 0 Å². The molecule has 0 unspecified atom stereocenters. The molecule has 0 saturated carbocycles. The molecular formula is C16H18N6O. The van der Waals surface area contributed by atoms with Crippen molar-refractivity contribution >= 4 is 5.91 Å². The molecule has 0 aliphatic rings. The molecule has 2 N–H and O–H groups in total. The highest BCUT2D eigenvalue weighted by atomic mass is 16.2. The van der Waals surface area contributed by atoms with E-state index in [4.69, 9.17) is 0 Å². The number of hydrogen-bond acceptors (Lipinski definition) is 4. The van der Waals surface area contributed by atoms with Crippen LogP contribution in [0.3, 0.4) is 0 Å². The summed E-state index contributed by atoms with van der Waals surface area (Å²) in [6.07, 6.45) is 0.